The van der Waals surface area contributed by atoms with Gasteiger partial charge >= 0.3 is 11.9 Å². The molecule has 0 fully saturated rings. The van der Waals surface area contributed by atoms with Crippen molar-refractivity contribution >= 4 is 23.3 Å². The summed E-state index contributed by atoms with van der Waals surface area (Å²) >= 11 is 1.10. The van der Waals surface area contributed by atoms with E-state index in [1.54, 1.807) is 4.90 Å². The van der Waals surface area contributed by atoms with E-state index in [0.717, 1.165) is 16.9 Å². The van der Waals surface area contributed by atoms with E-state index in [9.17, 15) is 19.8 Å². The number of carbonyl (C=O) groups is 2. The number of thiophene rings is 1. The lowest BCUT2D eigenvalue weighted by molar-refractivity contribution is -0.153. The topological polar surface area (TPSA) is 104 Å². The molecule has 0 saturated heterocycles. The first-order chi connectivity index (χ1) is 10.9. The minimum Gasteiger partial charge on any atom is -0.479 e. The lowest BCUT2D eigenvalue weighted by Crippen LogP contribution is -2.60. The molecule has 0 amide bonds. The molecule has 1 unspecified atom stereocenters. The SMILES string of the molecule is NC1(C(=O)O)c2scc(C(=O)O)c2CCN1Cc1ccccc1. The summed E-state index contributed by atoms with van der Waals surface area (Å²) in [6.45, 7) is 0.783. The molecule has 0 bridgehead atoms. The molecule has 0 aliphatic carbocycles. The summed E-state index contributed by atoms with van der Waals surface area (Å²) in [6, 6.07) is 9.49. The number of fused-ring (bicyclic) bond motifs is 1. The molecule has 1 aromatic carbocycles. The zero-order valence-electron chi connectivity index (χ0n) is 12.2. The van der Waals surface area contributed by atoms with Gasteiger partial charge in [0.1, 0.15) is 0 Å². The third-order valence-corrected chi connectivity index (χ3v) is 5.29. The van der Waals surface area contributed by atoms with Gasteiger partial charge in [0.2, 0.25) is 5.66 Å². The predicted molar refractivity (Wildman–Crippen MR) is 85.3 cm³/mol. The smallest absolute Gasteiger partial charge is 0.344 e. The quantitative estimate of drug-likeness (QED) is 0.787. The third kappa shape index (κ3) is 2.52. The number of aliphatic carboxylic acids is 1. The van der Waals surface area contributed by atoms with Gasteiger partial charge in [-0.2, -0.15) is 0 Å². The highest BCUT2D eigenvalue weighted by Gasteiger charge is 2.48. The van der Waals surface area contributed by atoms with Crippen molar-refractivity contribution in [1.29, 1.82) is 0 Å². The van der Waals surface area contributed by atoms with Crippen LogP contribution in [-0.2, 0) is 23.4 Å². The van der Waals surface area contributed by atoms with Crippen LogP contribution in [0.2, 0.25) is 0 Å². The Hall–Kier alpha value is -2.22. The standard InChI is InChI=1S/C16H16N2O4S/c17-16(15(21)22)13-11(12(9-23-13)14(19)20)6-7-18(16)8-10-4-2-1-3-5-10/h1-5,9H,6-8,17H2,(H,19,20)(H,21,22). The van der Waals surface area contributed by atoms with Gasteiger partial charge in [-0.15, -0.1) is 11.3 Å². The zero-order valence-corrected chi connectivity index (χ0v) is 13.0. The summed E-state index contributed by atoms with van der Waals surface area (Å²) in [7, 11) is 0. The largest absolute Gasteiger partial charge is 0.479 e. The molecule has 7 heteroatoms. The zero-order chi connectivity index (χ0) is 16.6. The summed E-state index contributed by atoms with van der Waals surface area (Å²) in [6.07, 6.45) is 0.472. The van der Waals surface area contributed by atoms with Crippen molar-refractivity contribution in [1.82, 2.24) is 4.90 Å². The maximum absolute atomic E-state index is 11.9. The third-order valence-electron chi connectivity index (χ3n) is 4.14. The molecule has 23 heavy (non-hydrogen) atoms. The van der Waals surface area contributed by atoms with E-state index in [2.05, 4.69) is 0 Å². The molecule has 1 atom stereocenters. The van der Waals surface area contributed by atoms with E-state index in [1.165, 1.54) is 5.38 Å². The average Bonchev–Trinajstić information content (AvgIpc) is 2.96. The van der Waals surface area contributed by atoms with Crippen LogP contribution in [0.3, 0.4) is 0 Å². The summed E-state index contributed by atoms with van der Waals surface area (Å²) in [5.74, 6) is -2.22. The normalized spacial score (nSPS) is 20.9. The first kappa shape index (κ1) is 15.7. The highest BCUT2D eigenvalue weighted by molar-refractivity contribution is 7.10. The number of carboxylic acids is 2. The van der Waals surface area contributed by atoms with Crippen molar-refractivity contribution < 1.29 is 19.8 Å². The Morgan fingerprint density at radius 1 is 1.26 bits per heavy atom. The van der Waals surface area contributed by atoms with Crippen LogP contribution in [0.15, 0.2) is 35.7 Å². The number of carboxylic acid groups (broad SMARTS) is 2. The summed E-state index contributed by atoms with van der Waals surface area (Å²) in [5.41, 5.74) is 6.21. The van der Waals surface area contributed by atoms with Crippen LogP contribution in [0.25, 0.3) is 0 Å². The van der Waals surface area contributed by atoms with Gasteiger partial charge in [0.05, 0.1) is 10.4 Å². The molecule has 3 rings (SSSR count). The molecule has 1 aliphatic rings. The van der Waals surface area contributed by atoms with Gasteiger partial charge < -0.3 is 10.2 Å². The molecule has 2 aromatic rings. The molecular weight excluding hydrogens is 316 g/mol. The van der Waals surface area contributed by atoms with Gasteiger partial charge in [0.15, 0.2) is 0 Å². The van der Waals surface area contributed by atoms with Gasteiger partial charge in [0, 0.05) is 18.5 Å². The fourth-order valence-electron chi connectivity index (χ4n) is 2.94. The molecular formula is C16H16N2O4S. The maximum atomic E-state index is 11.9. The van der Waals surface area contributed by atoms with Crippen molar-refractivity contribution in [2.45, 2.75) is 18.6 Å². The van der Waals surface area contributed by atoms with Gasteiger partial charge in [0.25, 0.3) is 0 Å². The average molecular weight is 332 g/mol. The van der Waals surface area contributed by atoms with E-state index in [4.69, 9.17) is 5.73 Å². The number of nitrogens with zero attached hydrogens (tertiary/aromatic N) is 1. The first-order valence-corrected chi connectivity index (χ1v) is 7.98. The molecule has 120 valence electrons. The van der Waals surface area contributed by atoms with Crippen molar-refractivity contribution in [3.63, 3.8) is 0 Å². The Labute approximate surface area is 136 Å². The van der Waals surface area contributed by atoms with Gasteiger partial charge in [-0.05, 0) is 17.5 Å². The second-order valence-corrected chi connectivity index (χ2v) is 6.37. The Morgan fingerprint density at radius 2 is 1.96 bits per heavy atom. The fourth-order valence-corrected chi connectivity index (χ4v) is 4.17. The number of hydrogen-bond donors (Lipinski definition) is 3. The molecule has 0 saturated carbocycles. The van der Waals surface area contributed by atoms with Crippen LogP contribution in [0, 0.1) is 0 Å². The molecule has 0 radical (unpaired) electrons. The van der Waals surface area contributed by atoms with E-state index in [0.29, 0.717) is 30.0 Å². The Bertz CT molecular complexity index is 759. The molecule has 6 nitrogen and oxygen atoms in total. The van der Waals surface area contributed by atoms with Crippen LogP contribution >= 0.6 is 11.3 Å². The monoisotopic (exact) mass is 332 g/mol. The molecule has 4 N–H and O–H groups in total. The van der Waals surface area contributed by atoms with Gasteiger partial charge in [-0.3, -0.25) is 10.6 Å². The van der Waals surface area contributed by atoms with Crippen molar-refractivity contribution in [3.8, 4) is 0 Å². The van der Waals surface area contributed by atoms with Gasteiger partial charge in [-0.25, -0.2) is 9.59 Å². The Balaban J connectivity index is 2.03. The second kappa shape index (κ2) is 5.77. The number of nitrogens with two attached hydrogens (primary N) is 1. The minimum absolute atomic E-state index is 0.153. The first-order valence-electron chi connectivity index (χ1n) is 7.10. The Morgan fingerprint density at radius 3 is 2.57 bits per heavy atom. The predicted octanol–water partition coefficient (Wildman–Crippen LogP) is 1.70. The number of aromatic carboxylic acids is 1. The molecule has 1 aliphatic heterocycles. The van der Waals surface area contributed by atoms with E-state index in [-0.39, 0.29) is 5.56 Å². The Kier molecular flexibility index (Phi) is 3.93. The maximum Gasteiger partial charge on any atom is 0.344 e. The van der Waals surface area contributed by atoms with Crippen LogP contribution in [0.4, 0.5) is 0 Å². The fraction of sp³-hybridized carbons (Fsp3) is 0.250. The van der Waals surface area contributed by atoms with E-state index in [1.807, 2.05) is 30.3 Å². The number of rotatable bonds is 4. The molecule has 0 spiro atoms. The van der Waals surface area contributed by atoms with E-state index >= 15 is 0 Å². The van der Waals surface area contributed by atoms with Crippen molar-refractivity contribution in [3.05, 3.63) is 57.3 Å². The van der Waals surface area contributed by atoms with Crippen LogP contribution < -0.4 is 5.73 Å². The summed E-state index contributed by atoms with van der Waals surface area (Å²) in [5, 5.41) is 20.5. The minimum atomic E-state index is -1.71. The van der Waals surface area contributed by atoms with Crippen LogP contribution in [0.5, 0.6) is 0 Å². The number of hydrogen-bond acceptors (Lipinski definition) is 5. The second-order valence-electron chi connectivity index (χ2n) is 5.49. The summed E-state index contributed by atoms with van der Waals surface area (Å²) < 4.78 is 0. The van der Waals surface area contributed by atoms with Gasteiger partial charge in [-0.1, -0.05) is 30.3 Å². The lowest BCUT2D eigenvalue weighted by atomic mass is 9.92. The van der Waals surface area contributed by atoms with Crippen LogP contribution in [0.1, 0.15) is 26.4 Å². The van der Waals surface area contributed by atoms with Crippen molar-refractivity contribution in [2.24, 2.45) is 5.73 Å². The van der Waals surface area contributed by atoms with E-state index < -0.39 is 17.6 Å². The highest BCUT2D eigenvalue weighted by atomic mass is 32.1. The lowest BCUT2D eigenvalue weighted by Gasteiger charge is -2.41. The number of benzene rings is 1. The molecule has 2 heterocycles. The van der Waals surface area contributed by atoms with Crippen molar-refractivity contribution in [2.75, 3.05) is 6.54 Å². The highest BCUT2D eigenvalue weighted by Crippen LogP contribution is 2.39. The summed E-state index contributed by atoms with van der Waals surface area (Å²) in [4.78, 5) is 25.3. The van der Waals surface area contributed by atoms with Crippen LogP contribution in [-0.4, -0.2) is 33.6 Å². The molecule has 1 aromatic heterocycles.